The number of amides is 5. The molecule has 3 atom stereocenters. The molecule has 14 nitrogen and oxygen atoms in total. The summed E-state index contributed by atoms with van der Waals surface area (Å²) < 4.78 is 0. The molecule has 3 aromatic carbocycles. The second-order valence-electron chi connectivity index (χ2n) is 10.4. The summed E-state index contributed by atoms with van der Waals surface area (Å²) in [6.45, 7) is -0.735. The predicted octanol–water partition coefficient (Wildman–Crippen LogP) is 1.12. The van der Waals surface area contributed by atoms with Gasteiger partial charge in [0.05, 0.1) is 11.5 Å². The van der Waals surface area contributed by atoms with Crippen molar-refractivity contribution in [3.05, 3.63) is 106 Å². The molecule has 0 aliphatic rings. The molecule has 7 N–H and O–H groups in total. The van der Waals surface area contributed by atoms with Crippen molar-refractivity contribution in [3.63, 3.8) is 0 Å². The third kappa shape index (κ3) is 11.5. The fourth-order valence-electron chi connectivity index (χ4n) is 4.42. The Morgan fingerprint density at radius 1 is 0.717 bits per heavy atom. The number of nitrogens with zero attached hydrogens (tertiary/aromatic N) is 1. The van der Waals surface area contributed by atoms with Crippen LogP contribution < -0.4 is 27.0 Å². The number of anilines is 1. The Kier molecular flexibility index (Phi) is 13.3. The van der Waals surface area contributed by atoms with Gasteiger partial charge in [-0.15, -0.1) is 0 Å². The molecule has 0 spiro atoms. The van der Waals surface area contributed by atoms with Crippen molar-refractivity contribution in [2.75, 3.05) is 11.9 Å². The Hall–Kier alpha value is -5.63. The van der Waals surface area contributed by atoms with Crippen molar-refractivity contribution in [1.82, 2.24) is 16.0 Å². The van der Waals surface area contributed by atoms with Gasteiger partial charge in [0, 0.05) is 37.1 Å². The van der Waals surface area contributed by atoms with Crippen LogP contribution in [0.15, 0.2) is 84.9 Å². The Morgan fingerprint density at radius 2 is 1.28 bits per heavy atom. The van der Waals surface area contributed by atoms with Gasteiger partial charge in [0.15, 0.2) is 0 Å². The van der Waals surface area contributed by atoms with Crippen LogP contribution in [0, 0.1) is 10.1 Å². The van der Waals surface area contributed by atoms with Crippen LogP contribution in [0.2, 0.25) is 0 Å². The maximum absolute atomic E-state index is 13.6. The average molecular weight is 633 g/mol. The lowest BCUT2D eigenvalue weighted by molar-refractivity contribution is -0.384. The van der Waals surface area contributed by atoms with Crippen LogP contribution >= 0.6 is 0 Å². The van der Waals surface area contributed by atoms with E-state index in [1.807, 2.05) is 30.3 Å². The number of rotatable bonds is 17. The van der Waals surface area contributed by atoms with Crippen molar-refractivity contribution >= 4 is 40.9 Å². The average Bonchev–Trinajstić information content (AvgIpc) is 3.05. The number of nitro benzene ring substituents is 1. The van der Waals surface area contributed by atoms with E-state index in [2.05, 4.69) is 21.3 Å². The van der Waals surface area contributed by atoms with Crippen LogP contribution in [0.4, 0.5) is 11.4 Å². The minimum absolute atomic E-state index is 0.00890. The predicted molar refractivity (Wildman–Crippen MR) is 168 cm³/mol. The van der Waals surface area contributed by atoms with Crippen molar-refractivity contribution in [1.29, 1.82) is 0 Å². The van der Waals surface area contributed by atoms with Crippen molar-refractivity contribution in [2.45, 2.75) is 50.2 Å². The monoisotopic (exact) mass is 632 g/mol. The molecule has 46 heavy (non-hydrogen) atoms. The van der Waals surface area contributed by atoms with Crippen LogP contribution in [-0.4, -0.2) is 64.3 Å². The van der Waals surface area contributed by atoms with Gasteiger partial charge in [0.2, 0.25) is 29.5 Å². The largest absolute Gasteiger partial charge is 0.394 e. The van der Waals surface area contributed by atoms with Gasteiger partial charge in [-0.2, -0.15) is 0 Å². The molecule has 0 saturated heterocycles. The third-order valence-electron chi connectivity index (χ3n) is 6.89. The number of carbonyl (C=O) groups excluding carboxylic acids is 5. The highest BCUT2D eigenvalue weighted by molar-refractivity contribution is 5.99. The molecule has 0 aromatic heterocycles. The summed E-state index contributed by atoms with van der Waals surface area (Å²) in [5, 5.41) is 31.0. The van der Waals surface area contributed by atoms with E-state index in [0.717, 1.165) is 5.56 Å². The summed E-state index contributed by atoms with van der Waals surface area (Å²) >= 11 is 0. The first-order valence-corrected chi connectivity index (χ1v) is 14.5. The maximum atomic E-state index is 13.6. The van der Waals surface area contributed by atoms with Gasteiger partial charge >= 0.3 is 0 Å². The van der Waals surface area contributed by atoms with Crippen molar-refractivity contribution < 1.29 is 34.0 Å². The quantitative estimate of drug-likeness (QED) is 0.0932. The Labute approximate surface area is 264 Å². The number of hydrogen-bond donors (Lipinski definition) is 6. The SMILES string of the molecule is NC(=O)CC[C@H](NC(=O)[C@H](Cc1ccccc1)NC(=O)[C@H](CO)NC(=O)CCc1ccccc1)C(=O)Nc1ccc([N+](=O)[O-])cc1. The highest BCUT2D eigenvalue weighted by atomic mass is 16.6. The van der Waals surface area contributed by atoms with E-state index < -0.39 is 59.2 Å². The minimum atomic E-state index is -1.36. The van der Waals surface area contributed by atoms with Gasteiger partial charge in [0.1, 0.15) is 18.1 Å². The summed E-state index contributed by atoms with van der Waals surface area (Å²) in [7, 11) is 0. The fraction of sp³-hybridized carbons (Fsp3) is 0.281. The van der Waals surface area contributed by atoms with E-state index >= 15 is 0 Å². The number of primary amides is 1. The Morgan fingerprint density at radius 3 is 1.85 bits per heavy atom. The Balaban J connectivity index is 1.73. The molecule has 242 valence electrons. The molecule has 14 heteroatoms. The van der Waals surface area contributed by atoms with Gasteiger partial charge in [-0.3, -0.25) is 34.1 Å². The lowest BCUT2D eigenvalue weighted by Crippen LogP contribution is -2.57. The molecule has 0 unspecified atom stereocenters. The number of nitro groups is 1. The number of hydrogen-bond acceptors (Lipinski definition) is 8. The van der Waals surface area contributed by atoms with Gasteiger partial charge in [-0.25, -0.2) is 0 Å². The lowest BCUT2D eigenvalue weighted by atomic mass is 10.0. The van der Waals surface area contributed by atoms with Gasteiger partial charge in [-0.05, 0) is 36.1 Å². The first kappa shape index (κ1) is 34.9. The highest BCUT2D eigenvalue weighted by Crippen LogP contribution is 2.16. The molecule has 0 saturated carbocycles. The molecular weight excluding hydrogens is 596 g/mol. The number of aliphatic hydroxyl groups is 1. The second kappa shape index (κ2) is 17.6. The lowest BCUT2D eigenvalue weighted by Gasteiger charge is -2.25. The van der Waals surface area contributed by atoms with E-state index in [4.69, 9.17) is 5.73 Å². The number of aliphatic hydroxyl groups excluding tert-OH is 1. The third-order valence-corrected chi connectivity index (χ3v) is 6.89. The molecule has 0 aliphatic heterocycles. The number of nitrogens with one attached hydrogen (secondary N) is 4. The second-order valence-corrected chi connectivity index (χ2v) is 10.4. The zero-order valence-corrected chi connectivity index (χ0v) is 24.9. The van der Waals surface area contributed by atoms with E-state index in [1.165, 1.54) is 24.3 Å². The maximum Gasteiger partial charge on any atom is 0.269 e. The highest BCUT2D eigenvalue weighted by Gasteiger charge is 2.30. The molecule has 0 aliphatic carbocycles. The summed E-state index contributed by atoms with van der Waals surface area (Å²) in [4.78, 5) is 74.3. The van der Waals surface area contributed by atoms with E-state index in [1.54, 1.807) is 30.3 Å². The van der Waals surface area contributed by atoms with Crippen LogP contribution in [0.3, 0.4) is 0 Å². The van der Waals surface area contributed by atoms with Gasteiger partial charge in [0.25, 0.3) is 5.69 Å². The Bertz CT molecular complexity index is 1500. The first-order chi connectivity index (χ1) is 22.0. The summed E-state index contributed by atoms with van der Waals surface area (Å²) in [5.41, 5.74) is 6.88. The minimum Gasteiger partial charge on any atom is -0.394 e. The number of aryl methyl sites for hydroxylation is 1. The summed E-state index contributed by atoms with van der Waals surface area (Å²) in [6, 6.07) is 19.1. The molecule has 3 rings (SSSR count). The van der Waals surface area contributed by atoms with Crippen LogP contribution in [-0.2, 0) is 36.8 Å². The standard InChI is InChI=1S/C32H36N6O8/c33-28(40)17-16-25(30(42)34-23-12-14-24(15-13-23)38(45)46)36-31(43)26(19-22-9-5-2-6-10-22)37-32(44)27(20-39)35-29(41)18-11-21-7-3-1-4-8-21/h1-10,12-15,25-27,39H,11,16-20H2,(H2,33,40)(H,34,42)(H,35,41)(H,36,43)(H,37,44)/t25-,26-,27-/m0/s1. The summed E-state index contributed by atoms with van der Waals surface area (Å²) in [6.07, 6.45) is 0.0385. The van der Waals surface area contributed by atoms with E-state index in [-0.39, 0.29) is 37.1 Å². The molecule has 5 amide bonds. The summed E-state index contributed by atoms with van der Waals surface area (Å²) in [5.74, 6) is -3.53. The van der Waals surface area contributed by atoms with Crippen LogP contribution in [0.5, 0.6) is 0 Å². The van der Waals surface area contributed by atoms with Crippen LogP contribution in [0.25, 0.3) is 0 Å². The normalized spacial score (nSPS) is 12.5. The first-order valence-electron chi connectivity index (χ1n) is 14.5. The molecular formula is C32H36N6O8. The zero-order chi connectivity index (χ0) is 33.5. The molecule has 0 heterocycles. The van der Waals surface area contributed by atoms with Crippen molar-refractivity contribution in [3.8, 4) is 0 Å². The smallest absolute Gasteiger partial charge is 0.269 e. The van der Waals surface area contributed by atoms with Crippen LogP contribution in [0.1, 0.15) is 30.4 Å². The van der Waals surface area contributed by atoms with Gasteiger partial charge in [-0.1, -0.05) is 60.7 Å². The van der Waals surface area contributed by atoms with E-state index in [0.29, 0.717) is 12.0 Å². The molecule has 0 radical (unpaired) electrons. The topological polar surface area (TPSA) is 223 Å². The molecule has 0 bridgehead atoms. The van der Waals surface area contributed by atoms with Gasteiger partial charge < -0.3 is 32.1 Å². The zero-order valence-electron chi connectivity index (χ0n) is 24.9. The fourth-order valence-corrected chi connectivity index (χ4v) is 4.42. The number of benzene rings is 3. The van der Waals surface area contributed by atoms with E-state index in [9.17, 15) is 39.2 Å². The number of nitrogens with two attached hydrogens (primary N) is 1. The molecule has 0 fully saturated rings. The number of non-ortho nitro benzene ring substituents is 1. The molecule has 3 aromatic rings. The number of carbonyl (C=O) groups is 5. The van der Waals surface area contributed by atoms with Crippen molar-refractivity contribution in [2.24, 2.45) is 5.73 Å².